The van der Waals surface area contributed by atoms with Crippen molar-refractivity contribution in [2.24, 2.45) is 0 Å². The predicted octanol–water partition coefficient (Wildman–Crippen LogP) is 1.02. The molecule has 0 aromatic carbocycles. The molecule has 7 nitrogen and oxygen atoms in total. The predicted molar refractivity (Wildman–Crippen MR) is 76.7 cm³/mol. The van der Waals surface area contributed by atoms with E-state index in [0.29, 0.717) is 49.6 Å². The zero-order valence-electron chi connectivity index (χ0n) is 11.8. The van der Waals surface area contributed by atoms with Crippen LogP contribution in [0.5, 0.6) is 0 Å². The number of nitrogens with one attached hydrogen (secondary N) is 1. The molecule has 2 aromatic heterocycles. The van der Waals surface area contributed by atoms with Crippen molar-refractivity contribution in [3.63, 3.8) is 0 Å². The van der Waals surface area contributed by atoms with Gasteiger partial charge in [0, 0.05) is 26.2 Å². The van der Waals surface area contributed by atoms with Crippen molar-refractivity contribution in [3.05, 3.63) is 47.7 Å². The highest BCUT2D eigenvalue weighted by molar-refractivity contribution is 5.94. The molecule has 1 aliphatic rings. The van der Waals surface area contributed by atoms with Gasteiger partial charge in [-0.05, 0) is 24.3 Å². The van der Waals surface area contributed by atoms with Crippen molar-refractivity contribution < 1.29 is 18.8 Å². The molecule has 114 valence electrons. The number of aldehydes is 1. The summed E-state index contributed by atoms with van der Waals surface area (Å²) >= 11 is 0. The Bertz CT molecular complexity index is 681. The van der Waals surface area contributed by atoms with E-state index in [-0.39, 0.29) is 11.8 Å². The Balaban J connectivity index is 1.60. The molecule has 3 rings (SSSR count). The number of hydrogen-bond acceptors (Lipinski definition) is 4. The molecule has 1 aliphatic heterocycles. The molecule has 2 amide bonds. The summed E-state index contributed by atoms with van der Waals surface area (Å²) in [6, 6.07) is 6.45. The molecule has 0 radical (unpaired) electrons. The quantitative estimate of drug-likeness (QED) is 0.857. The largest absolute Gasteiger partial charge is 0.459 e. The zero-order valence-corrected chi connectivity index (χ0v) is 11.8. The Morgan fingerprint density at radius 3 is 2.27 bits per heavy atom. The van der Waals surface area contributed by atoms with Gasteiger partial charge in [-0.15, -0.1) is 0 Å². The molecule has 3 heterocycles. The van der Waals surface area contributed by atoms with Crippen molar-refractivity contribution in [2.45, 2.75) is 0 Å². The minimum absolute atomic E-state index is 0.166. The maximum Gasteiger partial charge on any atom is 0.289 e. The first-order valence-electron chi connectivity index (χ1n) is 6.95. The number of aromatic nitrogens is 1. The Morgan fingerprint density at radius 2 is 1.73 bits per heavy atom. The first-order chi connectivity index (χ1) is 10.7. The van der Waals surface area contributed by atoms with Gasteiger partial charge in [0.2, 0.25) is 0 Å². The highest BCUT2D eigenvalue weighted by atomic mass is 16.3. The molecular weight excluding hydrogens is 286 g/mol. The number of carbonyl (C=O) groups is 3. The van der Waals surface area contributed by atoms with Crippen molar-refractivity contribution in [1.29, 1.82) is 0 Å². The van der Waals surface area contributed by atoms with Crippen LogP contribution in [0, 0.1) is 0 Å². The summed E-state index contributed by atoms with van der Waals surface area (Å²) < 4.78 is 5.10. The molecule has 1 fully saturated rings. The molecule has 0 unspecified atom stereocenters. The standard InChI is InChI=1S/C15H15N3O4/c19-10-11-3-4-12(16-11)14(20)17-5-7-18(8-6-17)15(21)13-2-1-9-22-13/h1-4,9-10,16H,5-8H2. The molecule has 1 saturated heterocycles. The SMILES string of the molecule is O=Cc1ccc(C(=O)N2CCN(C(=O)c3ccco3)CC2)[nH]1. The molecule has 0 aliphatic carbocycles. The molecule has 0 saturated carbocycles. The molecule has 0 atom stereocenters. The second-order valence-electron chi connectivity index (χ2n) is 5.01. The second kappa shape index (κ2) is 5.88. The fraction of sp³-hybridized carbons (Fsp3) is 0.267. The number of aromatic amines is 1. The molecule has 0 bridgehead atoms. The van der Waals surface area contributed by atoms with Crippen LogP contribution in [0.2, 0.25) is 0 Å². The highest BCUT2D eigenvalue weighted by Gasteiger charge is 2.27. The fourth-order valence-corrected chi connectivity index (χ4v) is 2.44. The molecule has 1 N–H and O–H groups in total. The minimum atomic E-state index is -0.168. The summed E-state index contributed by atoms with van der Waals surface area (Å²) in [4.78, 5) is 41.1. The van der Waals surface area contributed by atoms with Crippen molar-refractivity contribution in [3.8, 4) is 0 Å². The second-order valence-corrected chi connectivity index (χ2v) is 5.01. The first kappa shape index (κ1) is 14.1. The Labute approximate surface area is 126 Å². The third-order valence-corrected chi connectivity index (χ3v) is 3.65. The van der Waals surface area contributed by atoms with E-state index < -0.39 is 0 Å². The van der Waals surface area contributed by atoms with Gasteiger partial charge in [-0.2, -0.15) is 0 Å². The number of carbonyl (C=O) groups excluding carboxylic acids is 3. The molecule has 2 aromatic rings. The van der Waals surface area contributed by atoms with Gasteiger partial charge in [-0.1, -0.05) is 0 Å². The van der Waals surface area contributed by atoms with Crippen molar-refractivity contribution >= 4 is 18.1 Å². The number of amides is 2. The molecule has 7 heteroatoms. The average molecular weight is 301 g/mol. The number of furan rings is 1. The third kappa shape index (κ3) is 2.65. The van der Waals surface area contributed by atoms with Crippen LogP contribution >= 0.6 is 0 Å². The summed E-state index contributed by atoms with van der Waals surface area (Å²) in [6.45, 7) is 1.79. The van der Waals surface area contributed by atoms with E-state index in [2.05, 4.69) is 4.98 Å². The number of hydrogen-bond donors (Lipinski definition) is 1. The monoisotopic (exact) mass is 301 g/mol. The van der Waals surface area contributed by atoms with Crippen LogP contribution in [0.4, 0.5) is 0 Å². The van der Waals surface area contributed by atoms with Gasteiger partial charge < -0.3 is 19.2 Å². The van der Waals surface area contributed by atoms with Crippen LogP contribution in [-0.4, -0.2) is 59.1 Å². The summed E-state index contributed by atoms with van der Waals surface area (Å²) in [5, 5.41) is 0. The zero-order chi connectivity index (χ0) is 15.5. The van der Waals surface area contributed by atoms with Crippen molar-refractivity contribution in [2.75, 3.05) is 26.2 Å². The van der Waals surface area contributed by atoms with Crippen LogP contribution in [0.3, 0.4) is 0 Å². The minimum Gasteiger partial charge on any atom is -0.459 e. The van der Waals surface area contributed by atoms with Gasteiger partial charge in [0.25, 0.3) is 11.8 Å². The lowest BCUT2D eigenvalue weighted by Crippen LogP contribution is -2.50. The van der Waals surface area contributed by atoms with Crippen molar-refractivity contribution in [1.82, 2.24) is 14.8 Å². The average Bonchev–Trinajstić information content (AvgIpc) is 3.25. The van der Waals surface area contributed by atoms with Gasteiger partial charge in [0.15, 0.2) is 12.0 Å². The maximum atomic E-state index is 12.3. The van der Waals surface area contributed by atoms with Crippen LogP contribution in [0.15, 0.2) is 34.9 Å². The van der Waals surface area contributed by atoms with E-state index in [1.807, 2.05) is 0 Å². The summed E-state index contributed by atoms with van der Waals surface area (Å²) in [5.41, 5.74) is 0.753. The summed E-state index contributed by atoms with van der Waals surface area (Å²) in [5.74, 6) is -0.0295. The highest BCUT2D eigenvalue weighted by Crippen LogP contribution is 2.12. The van der Waals surface area contributed by atoms with Crippen LogP contribution in [0.25, 0.3) is 0 Å². The molecule has 22 heavy (non-hydrogen) atoms. The van der Waals surface area contributed by atoms with Gasteiger partial charge in [0.05, 0.1) is 12.0 Å². The van der Waals surface area contributed by atoms with Gasteiger partial charge >= 0.3 is 0 Å². The van der Waals surface area contributed by atoms with E-state index in [1.54, 1.807) is 34.1 Å². The third-order valence-electron chi connectivity index (χ3n) is 3.65. The van der Waals surface area contributed by atoms with Gasteiger partial charge in [-0.25, -0.2) is 0 Å². The molecular formula is C15H15N3O4. The number of H-pyrrole nitrogens is 1. The lowest BCUT2D eigenvalue weighted by Gasteiger charge is -2.34. The van der Waals surface area contributed by atoms with E-state index in [0.717, 1.165) is 0 Å². The lowest BCUT2D eigenvalue weighted by molar-refractivity contribution is 0.0515. The maximum absolute atomic E-state index is 12.3. The summed E-state index contributed by atoms with van der Waals surface area (Å²) in [7, 11) is 0. The van der Waals surface area contributed by atoms with Crippen LogP contribution < -0.4 is 0 Å². The number of rotatable bonds is 3. The topological polar surface area (TPSA) is 86.6 Å². The first-order valence-corrected chi connectivity index (χ1v) is 6.95. The van der Waals surface area contributed by atoms with Gasteiger partial charge in [0.1, 0.15) is 5.69 Å². The van der Waals surface area contributed by atoms with Gasteiger partial charge in [-0.3, -0.25) is 14.4 Å². The lowest BCUT2D eigenvalue weighted by atomic mass is 10.2. The Hall–Kier alpha value is -2.83. The van der Waals surface area contributed by atoms with E-state index >= 15 is 0 Å². The summed E-state index contributed by atoms with van der Waals surface area (Å²) in [6.07, 6.45) is 2.12. The number of piperazine rings is 1. The molecule has 0 spiro atoms. The smallest absolute Gasteiger partial charge is 0.289 e. The number of nitrogens with zero attached hydrogens (tertiary/aromatic N) is 2. The Kier molecular flexibility index (Phi) is 3.78. The Morgan fingerprint density at radius 1 is 1.05 bits per heavy atom. The fourth-order valence-electron chi connectivity index (χ4n) is 2.44. The van der Waals surface area contributed by atoms with Crippen LogP contribution in [-0.2, 0) is 0 Å². The van der Waals surface area contributed by atoms with E-state index in [9.17, 15) is 14.4 Å². The van der Waals surface area contributed by atoms with Crippen LogP contribution in [0.1, 0.15) is 31.5 Å². The van der Waals surface area contributed by atoms with E-state index in [1.165, 1.54) is 6.26 Å². The normalized spacial score (nSPS) is 14.9. The van der Waals surface area contributed by atoms with E-state index in [4.69, 9.17) is 4.42 Å².